The fourth-order valence-electron chi connectivity index (χ4n) is 3.26. The first-order valence-corrected chi connectivity index (χ1v) is 8.41. The molecule has 0 amide bonds. The maximum atomic E-state index is 6.65. The van der Waals surface area contributed by atoms with E-state index in [9.17, 15) is 0 Å². The van der Waals surface area contributed by atoms with E-state index in [0.29, 0.717) is 0 Å². The zero-order chi connectivity index (χ0) is 15.7. The highest BCUT2D eigenvalue weighted by atomic mass is 79.9. The molecule has 2 rings (SSSR count). The van der Waals surface area contributed by atoms with E-state index in [1.165, 1.54) is 5.56 Å². The Bertz CT molecular complexity index is 491. The van der Waals surface area contributed by atoms with E-state index >= 15 is 0 Å². The monoisotopic (exact) mass is 354 g/mol. The van der Waals surface area contributed by atoms with Crippen LogP contribution < -0.4 is 5.73 Å². The number of nitrogens with two attached hydrogens (primary N) is 1. The lowest BCUT2D eigenvalue weighted by Gasteiger charge is -2.60. The Morgan fingerprint density at radius 1 is 1.43 bits per heavy atom. The van der Waals surface area contributed by atoms with Crippen molar-refractivity contribution in [3.8, 4) is 0 Å². The van der Waals surface area contributed by atoms with Gasteiger partial charge < -0.3 is 15.4 Å². The van der Waals surface area contributed by atoms with Crippen molar-refractivity contribution in [2.24, 2.45) is 11.1 Å². The summed E-state index contributed by atoms with van der Waals surface area (Å²) in [5, 5.41) is 0. The summed E-state index contributed by atoms with van der Waals surface area (Å²) in [6, 6.07) is 8.44. The standard InChI is InChI=1S/C17H27BrN2O/c1-5-21-15-10-17(19,16(15,2)3)12-20(4)11-13-7-6-8-14(18)9-13/h6-9,15H,5,10-12,19H2,1-4H3. The summed E-state index contributed by atoms with van der Waals surface area (Å²) < 4.78 is 6.92. The number of nitrogens with zero attached hydrogens (tertiary/aromatic N) is 1. The van der Waals surface area contributed by atoms with Crippen molar-refractivity contribution in [2.45, 2.75) is 45.4 Å². The molecule has 1 aliphatic carbocycles. The van der Waals surface area contributed by atoms with Gasteiger partial charge in [0.15, 0.2) is 0 Å². The van der Waals surface area contributed by atoms with Gasteiger partial charge in [-0.3, -0.25) is 0 Å². The highest BCUT2D eigenvalue weighted by molar-refractivity contribution is 9.10. The maximum absolute atomic E-state index is 6.65. The molecule has 1 aromatic carbocycles. The van der Waals surface area contributed by atoms with E-state index in [1.54, 1.807) is 0 Å². The van der Waals surface area contributed by atoms with Gasteiger partial charge in [0, 0.05) is 35.1 Å². The van der Waals surface area contributed by atoms with Crippen LogP contribution in [0.4, 0.5) is 0 Å². The van der Waals surface area contributed by atoms with Crippen molar-refractivity contribution < 1.29 is 4.74 Å². The van der Waals surface area contributed by atoms with Gasteiger partial charge in [-0.25, -0.2) is 0 Å². The third kappa shape index (κ3) is 3.50. The molecule has 118 valence electrons. The van der Waals surface area contributed by atoms with Crippen LogP contribution in [0.5, 0.6) is 0 Å². The molecule has 3 nitrogen and oxygen atoms in total. The first kappa shape index (κ1) is 16.9. The molecule has 0 aromatic heterocycles. The fourth-order valence-corrected chi connectivity index (χ4v) is 3.71. The van der Waals surface area contributed by atoms with Crippen molar-refractivity contribution >= 4 is 15.9 Å². The number of halogens is 1. The largest absolute Gasteiger partial charge is 0.378 e. The normalized spacial score (nSPS) is 27.7. The number of hydrogen-bond donors (Lipinski definition) is 1. The molecule has 0 aliphatic heterocycles. The quantitative estimate of drug-likeness (QED) is 0.850. The van der Waals surface area contributed by atoms with Crippen LogP contribution in [0.2, 0.25) is 0 Å². The van der Waals surface area contributed by atoms with Crippen LogP contribution in [0.25, 0.3) is 0 Å². The molecule has 0 bridgehead atoms. The lowest BCUT2D eigenvalue weighted by Crippen LogP contribution is -2.73. The Morgan fingerprint density at radius 3 is 2.71 bits per heavy atom. The van der Waals surface area contributed by atoms with E-state index in [0.717, 1.165) is 30.6 Å². The predicted octanol–water partition coefficient (Wildman–Crippen LogP) is 3.41. The Labute approximate surface area is 137 Å². The van der Waals surface area contributed by atoms with Gasteiger partial charge in [0.1, 0.15) is 0 Å². The highest BCUT2D eigenvalue weighted by Gasteiger charge is 2.58. The molecule has 0 radical (unpaired) electrons. The molecule has 0 spiro atoms. The third-order valence-electron chi connectivity index (χ3n) is 4.90. The van der Waals surface area contributed by atoms with Gasteiger partial charge in [0.2, 0.25) is 0 Å². The highest BCUT2D eigenvalue weighted by Crippen LogP contribution is 2.50. The molecule has 21 heavy (non-hydrogen) atoms. The van der Waals surface area contributed by atoms with E-state index in [-0.39, 0.29) is 17.1 Å². The summed E-state index contributed by atoms with van der Waals surface area (Å²) in [6.45, 7) is 9.06. The Kier molecular flexibility index (Phi) is 5.14. The summed E-state index contributed by atoms with van der Waals surface area (Å²) in [6.07, 6.45) is 1.23. The molecule has 0 saturated heterocycles. The third-order valence-corrected chi connectivity index (χ3v) is 5.39. The number of ether oxygens (including phenoxy) is 1. The average Bonchev–Trinajstić information content (AvgIpc) is 2.38. The first-order valence-electron chi connectivity index (χ1n) is 7.62. The molecule has 1 saturated carbocycles. The number of rotatable bonds is 6. The second-order valence-corrected chi connectivity index (χ2v) is 7.74. The van der Waals surface area contributed by atoms with Crippen molar-refractivity contribution in [2.75, 3.05) is 20.2 Å². The zero-order valence-electron chi connectivity index (χ0n) is 13.5. The summed E-state index contributed by atoms with van der Waals surface area (Å²) in [5.74, 6) is 0. The average molecular weight is 355 g/mol. The Morgan fingerprint density at radius 2 is 2.14 bits per heavy atom. The summed E-state index contributed by atoms with van der Waals surface area (Å²) in [4.78, 5) is 2.31. The Hall–Kier alpha value is -0.420. The van der Waals surface area contributed by atoms with Gasteiger partial charge in [-0.15, -0.1) is 0 Å². The predicted molar refractivity (Wildman–Crippen MR) is 91.2 cm³/mol. The zero-order valence-corrected chi connectivity index (χ0v) is 15.1. The lowest BCUT2D eigenvalue weighted by molar-refractivity contribution is -0.155. The van der Waals surface area contributed by atoms with Crippen LogP contribution in [-0.4, -0.2) is 36.7 Å². The van der Waals surface area contributed by atoms with Crippen LogP contribution in [0.1, 0.15) is 32.8 Å². The number of hydrogen-bond acceptors (Lipinski definition) is 3. The molecule has 4 heteroatoms. The molecule has 1 fully saturated rings. The molecule has 1 aromatic rings. The van der Waals surface area contributed by atoms with Crippen LogP contribution in [0.15, 0.2) is 28.7 Å². The summed E-state index contributed by atoms with van der Waals surface area (Å²) in [7, 11) is 2.14. The molecule has 2 unspecified atom stereocenters. The van der Waals surface area contributed by atoms with E-state index in [4.69, 9.17) is 10.5 Å². The van der Waals surface area contributed by atoms with E-state index < -0.39 is 0 Å². The van der Waals surface area contributed by atoms with Crippen molar-refractivity contribution in [3.05, 3.63) is 34.3 Å². The molecule has 1 aliphatic rings. The molecular weight excluding hydrogens is 328 g/mol. The van der Waals surface area contributed by atoms with Gasteiger partial charge in [0.05, 0.1) is 6.10 Å². The molecule has 2 atom stereocenters. The van der Waals surface area contributed by atoms with E-state index in [1.807, 2.05) is 6.92 Å². The molecule has 2 N–H and O–H groups in total. The molecule has 0 heterocycles. The maximum Gasteiger partial charge on any atom is 0.0662 e. The molecular formula is C17H27BrN2O. The minimum atomic E-state index is -0.173. The summed E-state index contributed by atoms with van der Waals surface area (Å²) >= 11 is 3.52. The van der Waals surface area contributed by atoms with Gasteiger partial charge in [-0.1, -0.05) is 41.9 Å². The van der Waals surface area contributed by atoms with Crippen molar-refractivity contribution in [1.82, 2.24) is 4.90 Å². The van der Waals surface area contributed by atoms with Crippen LogP contribution in [0.3, 0.4) is 0 Å². The second kappa shape index (κ2) is 6.37. The van der Waals surface area contributed by atoms with Gasteiger partial charge in [-0.05, 0) is 38.1 Å². The number of benzene rings is 1. The minimum Gasteiger partial charge on any atom is -0.378 e. The minimum absolute atomic E-state index is 0.0224. The number of likely N-dealkylation sites (N-methyl/N-ethyl adjacent to an activating group) is 1. The van der Waals surface area contributed by atoms with Crippen LogP contribution >= 0.6 is 15.9 Å². The van der Waals surface area contributed by atoms with Gasteiger partial charge >= 0.3 is 0 Å². The smallest absolute Gasteiger partial charge is 0.0662 e. The Balaban J connectivity index is 1.95. The first-order chi connectivity index (χ1) is 9.78. The van der Waals surface area contributed by atoms with Crippen molar-refractivity contribution in [1.29, 1.82) is 0 Å². The second-order valence-electron chi connectivity index (χ2n) is 6.83. The lowest BCUT2D eigenvalue weighted by atomic mass is 9.54. The van der Waals surface area contributed by atoms with Crippen LogP contribution in [-0.2, 0) is 11.3 Å². The van der Waals surface area contributed by atoms with Crippen molar-refractivity contribution in [3.63, 3.8) is 0 Å². The fraction of sp³-hybridized carbons (Fsp3) is 0.647. The topological polar surface area (TPSA) is 38.5 Å². The van der Waals surface area contributed by atoms with E-state index in [2.05, 4.69) is 66.0 Å². The van der Waals surface area contributed by atoms with Crippen LogP contribution in [0, 0.1) is 5.41 Å². The van der Waals surface area contributed by atoms with Gasteiger partial charge in [0.25, 0.3) is 0 Å². The SMILES string of the molecule is CCOC1CC(N)(CN(C)Cc2cccc(Br)c2)C1(C)C. The van der Waals surface area contributed by atoms with Gasteiger partial charge in [-0.2, -0.15) is 0 Å². The summed E-state index contributed by atoms with van der Waals surface area (Å²) in [5.41, 5.74) is 7.80.